The van der Waals surface area contributed by atoms with Gasteiger partial charge in [0, 0.05) is 23.6 Å². The Hall–Kier alpha value is -1.39. The number of hydrogen-bond acceptors (Lipinski definition) is 7. The van der Waals surface area contributed by atoms with Crippen LogP contribution in [0.4, 0.5) is 5.69 Å². The van der Waals surface area contributed by atoms with Crippen LogP contribution in [0.5, 0.6) is 5.88 Å². The number of benzene rings is 1. The Morgan fingerprint density at radius 3 is 2.43 bits per heavy atom. The largest absolute Gasteiger partial charge is 1.00 e. The second kappa shape index (κ2) is 10.3. The molecule has 2 heterocycles. The van der Waals surface area contributed by atoms with E-state index in [0.29, 0.717) is 25.6 Å². The van der Waals surface area contributed by atoms with Crippen molar-refractivity contribution in [3.8, 4) is 5.88 Å². The number of hydrogen-bond donors (Lipinski definition) is 2. The number of ether oxygens (including phenoxy) is 1. The fourth-order valence-electron chi connectivity index (χ4n) is 4.40. The van der Waals surface area contributed by atoms with Crippen molar-refractivity contribution in [1.29, 1.82) is 0 Å². The van der Waals surface area contributed by atoms with Crippen molar-refractivity contribution in [2.24, 2.45) is 11.7 Å². The first-order valence-corrected chi connectivity index (χ1v) is 11.0. The molecule has 1 aromatic carbocycles. The fraction of sp³-hybridized carbons (Fsp3) is 0.500. The topological polar surface area (TPSA) is 116 Å². The molecule has 0 bridgehead atoms. The molecule has 1 unspecified atom stereocenters. The van der Waals surface area contributed by atoms with Gasteiger partial charge in [0.05, 0.1) is 19.6 Å². The minimum absolute atomic E-state index is 0. The van der Waals surface area contributed by atoms with E-state index in [4.69, 9.17) is 10.5 Å². The van der Waals surface area contributed by atoms with Gasteiger partial charge in [-0.2, -0.15) is 5.10 Å². The standard InChI is InChI=1S/C13H14NO.C7H10N3O3S.Na/c15-8-14-13-11-5-1-3-9(11)7-10-4-2-6-12(10)13;8-1-5-3-10-7(13-4-5)6(2-9-10)14(11)12;/h7H,1-6H2,(H,14,15);2,5H,1,3-4,8H2;/q2*-1;+1. The number of nitrogens with two attached hydrogens (primary N) is 1. The maximum absolute atomic E-state index is 10.7. The van der Waals surface area contributed by atoms with Crippen LogP contribution < -0.4 is 45.3 Å². The number of amides is 1. The molecule has 2 aliphatic carbocycles. The summed E-state index contributed by atoms with van der Waals surface area (Å²) in [5, 5.41) is 6.72. The molecule has 1 aromatic heterocycles. The molecule has 3 N–H and O–H groups in total. The maximum atomic E-state index is 10.7. The van der Waals surface area contributed by atoms with Crippen molar-refractivity contribution in [3.05, 3.63) is 34.5 Å². The predicted octanol–water partition coefficient (Wildman–Crippen LogP) is -1.33. The molecular formula is C20H24N4NaO4S-. The Morgan fingerprint density at radius 2 is 1.87 bits per heavy atom. The van der Waals surface area contributed by atoms with Crippen molar-refractivity contribution >= 4 is 22.8 Å². The number of anilines is 1. The van der Waals surface area contributed by atoms with E-state index in [2.05, 4.69) is 16.5 Å². The summed E-state index contributed by atoms with van der Waals surface area (Å²) in [5.41, 5.74) is 12.2. The first-order chi connectivity index (χ1) is 14.1. The zero-order valence-electron chi connectivity index (χ0n) is 17.1. The Kier molecular flexibility index (Phi) is 7.98. The van der Waals surface area contributed by atoms with Gasteiger partial charge in [-0.3, -0.25) is 0 Å². The maximum Gasteiger partial charge on any atom is 1.00 e. The van der Waals surface area contributed by atoms with Gasteiger partial charge in [-0.1, -0.05) is 17.2 Å². The van der Waals surface area contributed by atoms with E-state index in [1.165, 1.54) is 58.8 Å². The second-order valence-electron chi connectivity index (χ2n) is 7.60. The van der Waals surface area contributed by atoms with Gasteiger partial charge >= 0.3 is 29.6 Å². The average Bonchev–Trinajstić information content (AvgIpc) is 3.46. The van der Waals surface area contributed by atoms with Crippen LogP contribution in [-0.4, -0.2) is 29.3 Å². The number of nitrogens with one attached hydrogen (secondary N) is 1. The molecule has 10 heteroatoms. The van der Waals surface area contributed by atoms with Crippen LogP contribution in [0, 0.1) is 5.92 Å². The van der Waals surface area contributed by atoms with Crippen LogP contribution in [0.25, 0.3) is 0 Å². The van der Waals surface area contributed by atoms with Gasteiger partial charge < -0.3 is 29.0 Å². The summed E-state index contributed by atoms with van der Waals surface area (Å²) in [6.07, 6.45) is 10.2. The zero-order chi connectivity index (χ0) is 20.4. The number of aryl methyl sites for hydroxylation is 2. The predicted molar refractivity (Wildman–Crippen MR) is 107 cm³/mol. The molecule has 30 heavy (non-hydrogen) atoms. The summed E-state index contributed by atoms with van der Waals surface area (Å²) in [7, 11) is -2.29. The quantitative estimate of drug-likeness (QED) is 0.264. The molecule has 5 rings (SSSR count). The van der Waals surface area contributed by atoms with Crippen LogP contribution in [0.15, 0.2) is 17.2 Å². The number of fused-ring (bicyclic) bond motifs is 3. The first-order valence-electron chi connectivity index (χ1n) is 9.90. The third-order valence-corrected chi connectivity index (χ3v) is 6.45. The molecule has 156 valence electrons. The van der Waals surface area contributed by atoms with Crippen molar-refractivity contribution < 1.29 is 47.5 Å². The molecule has 1 atom stereocenters. The van der Waals surface area contributed by atoms with Gasteiger partial charge in [-0.05, 0) is 49.2 Å². The average molecular weight is 439 g/mol. The van der Waals surface area contributed by atoms with E-state index < -0.39 is 10.7 Å². The molecule has 0 spiro atoms. The van der Waals surface area contributed by atoms with E-state index in [-0.39, 0.29) is 40.4 Å². The fourth-order valence-corrected chi connectivity index (χ4v) is 4.84. The Balaban J connectivity index is 0.000000166. The van der Waals surface area contributed by atoms with Crippen LogP contribution in [0.3, 0.4) is 0 Å². The van der Waals surface area contributed by atoms with Crippen LogP contribution in [-0.2, 0) is 56.1 Å². The summed E-state index contributed by atoms with van der Waals surface area (Å²) in [6.45, 7) is 1.57. The summed E-state index contributed by atoms with van der Waals surface area (Å²) >= 11 is 0. The minimum Gasteiger partial charge on any atom is -0.490 e. The van der Waals surface area contributed by atoms with Crippen LogP contribution in [0.1, 0.15) is 35.1 Å². The summed E-state index contributed by atoms with van der Waals surface area (Å²) in [5.74, 6) is 0.526. The molecule has 0 radical (unpaired) electrons. The van der Waals surface area contributed by atoms with Gasteiger partial charge in [-0.15, -0.1) is 16.8 Å². The van der Waals surface area contributed by atoms with Crippen LogP contribution >= 0.6 is 0 Å². The van der Waals surface area contributed by atoms with E-state index in [9.17, 15) is 13.2 Å². The Labute approximate surface area is 199 Å². The second-order valence-corrected chi connectivity index (χ2v) is 8.51. The van der Waals surface area contributed by atoms with Crippen molar-refractivity contribution in [2.75, 3.05) is 18.5 Å². The molecular weight excluding hydrogens is 415 g/mol. The van der Waals surface area contributed by atoms with Gasteiger partial charge in [-0.25, -0.2) is 4.68 Å². The first kappa shape index (κ1) is 23.3. The summed E-state index contributed by atoms with van der Waals surface area (Å²) < 4.78 is 28.3. The normalized spacial score (nSPS) is 18.3. The van der Waals surface area contributed by atoms with Crippen molar-refractivity contribution in [2.45, 2.75) is 50.0 Å². The third-order valence-electron chi connectivity index (χ3n) is 5.81. The van der Waals surface area contributed by atoms with Crippen molar-refractivity contribution in [1.82, 2.24) is 9.78 Å². The number of nitrogens with zero attached hydrogens (tertiary/aromatic N) is 2. The summed E-state index contributed by atoms with van der Waals surface area (Å²) in [4.78, 5) is 10.6. The molecule has 0 saturated heterocycles. The van der Waals surface area contributed by atoms with Gasteiger partial charge in [0.25, 0.3) is 0 Å². The molecule has 0 saturated carbocycles. The van der Waals surface area contributed by atoms with E-state index >= 15 is 0 Å². The van der Waals surface area contributed by atoms with E-state index in [1.807, 2.05) is 6.41 Å². The van der Waals surface area contributed by atoms with Gasteiger partial charge in [0.1, 0.15) is 0 Å². The van der Waals surface area contributed by atoms with Gasteiger partial charge in [0.15, 0.2) is 5.88 Å². The Bertz CT molecular complexity index is 965. The molecule has 0 fully saturated rings. The van der Waals surface area contributed by atoms with Crippen LogP contribution in [0.2, 0.25) is 0 Å². The minimum atomic E-state index is -2.29. The molecule has 1 amide bonds. The molecule has 8 nitrogen and oxygen atoms in total. The van der Waals surface area contributed by atoms with Gasteiger partial charge in [0.2, 0.25) is 0 Å². The summed E-state index contributed by atoms with van der Waals surface area (Å²) in [6, 6.07) is 2.36. The van der Waals surface area contributed by atoms with E-state index in [0.717, 1.165) is 18.5 Å². The SMILES string of the molecule is NCC1COc2c([S-](=O)=O)cnn2C1.O=[C-]Nc1c2c(cc3c1CCC3)CCC2.[Na+]. The number of aromatic nitrogens is 2. The zero-order valence-corrected chi connectivity index (χ0v) is 19.9. The van der Waals surface area contributed by atoms with Crippen molar-refractivity contribution in [3.63, 3.8) is 0 Å². The number of rotatable bonds is 4. The number of carbonyl (C=O) groups excluding carboxylic acids is 1. The Morgan fingerprint density at radius 1 is 1.20 bits per heavy atom. The smallest absolute Gasteiger partial charge is 0.490 e. The molecule has 3 aliphatic rings. The monoisotopic (exact) mass is 439 g/mol. The van der Waals surface area contributed by atoms with E-state index in [1.54, 1.807) is 0 Å². The molecule has 1 aliphatic heterocycles. The third kappa shape index (κ3) is 4.60. The molecule has 2 aromatic rings.